The van der Waals surface area contributed by atoms with Gasteiger partial charge in [0.2, 0.25) is 0 Å². The van der Waals surface area contributed by atoms with Gasteiger partial charge in [-0.2, -0.15) is 0 Å². The van der Waals surface area contributed by atoms with Crippen molar-refractivity contribution in [3.05, 3.63) is 0 Å². The summed E-state index contributed by atoms with van der Waals surface area (Å²) in [5.74, 6) is 0. The second-order valence-electron chi connectivity index (χ2n) is 6.66. The van der Waals surface area contributed by atoms with Gasteiger partial charge in [-0.05, 0) is 19.3 Å². The van der Waals surface area contributed by atoms with Gasteiger partial charge in [0, 0.05) is 0 Å². The molecule has 0 amide bonds. The van der Waals surface area contributed by atoms with Crippen molar-refractivity contribution in [2.75, 3.05) is 0 Å². The van der Waals surface area contributed by atoms with Crippen molar-refractivity contribution in [3.63, 3.8) is 0 Å². The fraction of sp³-hybridized carbons (Fsp3) is 1.00. The molecule has 0 heterocycles. The van der Waals surface area contributed by atoms with Gasteiger partial charge in [-0.3, -0.25) is 0 Å². The van der Waals surface area contributed by atoms with Crippen molar-refractivity contribution in [1.82, 2.24) is 0 Å². The Balaban J connectivity index is 3.32. The molecule has 0 aromatic rings. The predicted molar refractivity (Wildman–Crippen MR) is 92.6 cm³/mol. The Labute approximate surface area is 133 Å². The summed E-state index contributed by atoms with van der Waals surface area (Å²) in [6.07, 6.45) is 16.9. The molecule has 0 aliphatic heterocycles. The van der Waals surface area contributed by atoms with Crippen LogP contribution in [0.2, 0.25) is 0 Å². The second kappa shape index (κ2) is 16.3. The third-order valence-corrected chi connectivity index (χ3v) is 4.33. The Morgan fingerprint density at radius 3 is 1.24 bits per heavy atom. The average molecular weight is 301 g/mol. The van der Waals surface area contributed by atoms with Crippen LogP contribution in [-0.4, -0.2) is 22.4 Å². The van der Waals surface area contributed by atoms with Crippen LogP contribution in [0.5, 0.6) is 0 Å². The van der Waals surface area contributed by atoms with Crippen molar-refractivity contribution < 1.29 is 10.2 Å². The van der Waals surface area contributed by atoms with E-state index in [1.54, 1.807) is 0 Å². The fourth-order valence-electron chi connectivity index (χ4n) is 2.87. The third-order valence-electron chi connectivity index (χ3n) is 4.33. The summed E-state index contributed by atoms with van der Waals surface area (Å²) >= 11 is 0. The van der Waals surface area contributed by atoms with Crippen LogP contribution in [0.1, 0.15) is 110 Å². The van der Waals surface area contributed by atoms with Crippen molar-refractivity contribution in [3.8, 4) is 0 Å². The molecule has 0 saturated heterocycles. The van der Waals surface area contributed by atoms with Gasteiger partial charge < -0.3 is 10.2 Å². The van der Waals surface area contributed by atoms with Gasteiger partial charge in [0.1, 0.15) is 0 Å². The van der Waals surface area contributed by atoms with Crippen molar-refractivity contribution >= 4 is 0 Å². The zero-order valence-corrected chi connectivity index (χ0v) is 14.7. The van der Waals surface area contributed by atoms with Crippen molar-refractivity contribution in [2.45, 2.75) is 122 Å². The first-order chi connectivity index (χ1) is 10.2. The molecule has 0 radical (unpaired) electrons. The fourth-order valence-corrected chi connectivity index (χ4v) is 2.87. The van der Waals surface area contributed by atoms with Crippen LogP contribution in [0.3, 0.4) is 0 Å². The van der Waals surface area contributed by atoms with E-state index < -0.39 is 0 Å². The van der Waals surface area contributed by atoms with Crippen molar-refractivity contribution in [1.29, 1.82) is 0 Å². The van der Waals surface area contributed by atoms with Gasteiger partial charge in [0.15, 0.2) is 0 Å². The number of aliphatic hydroxyl groups is 2. The zero-order valence-electron chi connectivity index (χ0n) is 14.7. The minimum atomic E-state index is -0.300. The highest BCUT2D eigenvalue weighted by atomic mass is 16.3. The first kappa shape index (κ1) is 20.9. The molecule has 0 saturated carbocycles. The molecule has 0 bridgehead atoms. The molecule has 2 N–H and O–H groups in total. The topological polar surface area (TPSA) is 40.5 Å². The molecule has 2 heteroatoms. The lowest BCUT2D eigenvalue weighted by Gasteiger charge is -2.15. The Bertz CT molecular complexity index is 194. The highest BCUT2D eigenvalue weighted by Gasteiger charge is 2.11. The van der Waals surface area contributed by atoms with E-state index in [0.29, 0.717) is 6.42 Å². The molecule has 2 nitrogen and oxygen atoms in total. The molecule has 128 valence electrons. The first-order valence-electron chi connectivity index (χ1n) is 9.56. The molecule has 0 aliphatic rings. The first-order valence-corrected chi connectivity index (χ1v) is 9.56. The van der Waals surface area contributed by atoms with E-state index >= 15 is 0 Å². The van der Waals surface area contributed by atoms with Gasteiger partial charge in [0.05, 0.1) is 12.2 Å². The molecule has 0 spiro atoms. The molecular weight excluding hydrogens is 260 g/mol. The Hall–Kier alpha value is -0.0800. The van der Waals surface area contributed by atoms with E-state index in [-0.39, 0.29) is 12.2 Å². The Kier molecular flexibility index (Phi) is 16.2. The second-order valence-corrected chi connectivity index (χ2v) is 6.66. The SMILES string of the molecule is CCCCCCCCCC(O)CC(O)CCCCCCC. The predicted octanol–water partition coefficient (Wildman–Crippen LogP) is 5.60. The van der Waals surface area contributed by atoms with Gasteiger partial charge in [-0.25, -0.2) is 0 Å². The van der Waals surface area contributed by atoms with E-state index in [2.05, 4.69) is 13.8 Å². The molecule has 0 rings (SSSR count). The number of aliphatic hydroxyl groups excluding tert-OH is 2. The lowest BCUT2D eigenvalue weighted by atomic mass is 10.00. The molecular formula is C19H40O2. The molecule has 21 heavy (non-hydrogen) atoms. The summed E-state index contributed by atoms with van der Waals surface area (Å²) in [5.41, 5.74) is 0. The lowest BCUT2D eigenvalue weighted by Crippen LogP contribution is -2.17. The summed E-state index contributed by atoms with van der Waals surface area (Å²) in [6.45, 7) is 4.46. The highest BCUT2D eigenvalue weighted by Crippen LogP contribution is 2.15. The van der Waals surface area contributed by atoms with Crippen LogP contribution in [0, 0.1) is 0 Å². The summed E-state index contributed by atoms with van der Waals surface area (Å²) in [7, 11) is 0. The van der Waals surface area contributed by atoms with E-state index in [9.17, 15) is 10.2 Å². The molecule has 2 atom stereocenters. The van der Waals surface area contributed by atoms with E-state index in [4.69, 9.17) is 0 Å². The largest absolute Gasteiger partial charge is 0.393 e. The van der Waals surface area contributed by atoms with E-state index in [0.717, 1.165) is 25.7 Å². The molecule has 0 fully saturated rings. The van der Waals surface area contributed by atoms with Crippen LogP contribution < -0.4 is 0 Å². The molecule has 0 aromatic carbocycles. The van der Waals surface area contributed by atoms with Gasteiger partial charge in [0.25, 0.3) is 0 Å². The maximum atomic E-state index is 9.94. The average Bonchev–Trinajstić information content (AvgIpc) is 2.46. The molecule has 0 aromatic heterocycles. The van der Waals surface area contributed by atoms with Crippen LogP contribution in [-0.2, 0) is 0 Å². The summed E-state index contributed by atoms with van der Waals surface area (Å²) < 4.78 is 0. The Morgan fingerprint density at radius 2 is 0.857 bits per heavy atom. The van der Waals surface area contributed by atoms with Gasteiger partial charge in [-0.1, -0.05) is 90.9 Å². The van der Waals surface area contributed by atoms with Crippen LogP contribution in [0.25, 0.3) is 0 Å². The van der Waals surface area contributed by atoms with Crippen LogP contribution >= 0.6 is 0 Å². The van der Waals surface area contributed by atoms with Crippen molar-refractivity contribution in [2.24, 2.45) is 0 Å². The summed E-state index contributed by atoms with van der Waals surface area (Å²) in [5, 5.41) is 19.9. The minimum absolute atomic E-state index is 0.300. The normalized spacial score (nSPS) is 14.3. The maximum absolute atomic E-state index is 9.94. The van der Waals surface area contributed by atoms with Gasteiger partial charge >= 0.3 is 0 Å². The van der Waals surface area contributed by atoms with E-state index in [1.165, 1.54) is 64.2 Å². The number of hydrogen-bond donors (Lipinski definition) is 2. The third kappa shape index (κ3) is 16.1. The summed E-state index contributed by atoms with van der Waals surface area (Å²) in [6, 6.07) is 0. The number of hydrogen-bond acceptors (Lipinski definition) is 2. The smallest absolute Gasteiger partial charge is 0.0564 e. The standard InChI is InChI=1S/C19H40O2/c1-3-5-7-9-10-12-14-16-19(21)17-18(20)15-13-11-8-6-4-2/h18-21H,3-17H2,1-2H3. The number of rotatable bonds is 16. The Morgan fingerprint density at radius 1 is 0.524 bits per heavy atom. The van der Waals surface area contributed by atoms with Crippen LogP contribution in [0.4, 0.5) is 0 Å². The van der Waals surface area contributed by atoms with Gasteiger partial charge in [-0.15, -0.1) is 0 Å². The quantitative estimate of drug-likeness (QED) is 0.364. The number of unbranched alkanes of at least 4 members (excludes halogenated alkanes) is 10. The van der Waals surface area contributed by atoms with Crippen LogP contribution in [0.15, 0.2) is 0 Å². The molecule has 0 aliphatic carbocycles. The molecule has 2 unspecified atom stereocenters. The zero-order chi connectivity index (χ0) is 15.8. The lowest BCUT2D eigenvalue weighted by molar-refractivity contribution is 0.0680. The summed E-state index contributed by atoms with van der Waals surface area (Å²) in [4.78, 5) is 0. The monoisotopic (exact) mass is 300 g/mol. The minimum Gasteiger partial charge on any atom is -0.393 e. The highest BCUT2D eigenvalue weighted by molar-refractivity contribution is 4.64. The van der Waals surface area contributed by atoms with E-state index in [1.807, 2.05) is 0 Å². The maximum Gasteiger partial charge on any atom is 0.0564 e.